The molecule has 2 aromatic rings. The van der Waals surface area contributed by atoms with Gasteiger partial charge in [0, 0.05) is 42.9 Å². The number of rotatable bonds is 8. The predicted molar refractivity (Wildman–Crippen MR) is 115 cm³/mol. The van der Waals surface area contributed by atoms with Crippen LogP contribution in [0.2, 0.25) is 0 Å². The first-order valence-corrected chi connectivity index (χ1v) is 10.0. The van der Waals surface area contributed by atoms with Crippen LogP contribution in [0, 0.1) is 10.1 Å². The highest BCUT2D eigenvalue weighted by atomic mass is 16.6. The van der Waals surface area contributed by atoms with Crippen molar-refractivity contribution in [1.29, 1.82) is 0 Å². The summed E-state index contributed by atoms with van der Waals surface area (Å²) in [5.41, 5.74) is 1.30. The number of nitrogens with one attached hydrogen (secondary N) is 1. The third kappa shape index (κ3) is 5.44. The number of nitro benzene ring substituents is 1. The van der Waals surface area contributed by atoms with E-state index in [2.05, 4.69) is 5.32 Å². The Kier molecular flexibility index (Phi) is 6.96. The highest BCUT2D eigenvalue weighted by molar-refractivity contribution is 6.01. The molecular weight excluding hydrogens is 402 g/mol. The zero-order chi connectivity index (χ0) is 22.4. The molecule has 3 rings (SSSR count). The van der Waals surface area contributed by atoms with Crippen molar-refractivity contribution in [3.63, 3.8) is 0 Å². The lowest BCUT2D eigenvalue weighted by Gasteiger charge is -2.20. The molecule has 1 aliphatic rings. The topological polar surface area (TPSA) is 119 Å². The molecule has 1 N–H and O–H groups in total. The summed E-state index contributed by atoms with van der Waals surface area (Å²) in [6.07, 6.45) is 2.28. The van der Waals surface area contributed by atoms with E-state index < -0.39 is 23.3 Å². The maximum Gasteiger partial charge on any atom is 0.340 e. The zero-order valence-corrected chi connectivity index (χ0v) is 17.1. The van der Waals surface area contributed by atoms with Gasteiger partial charge in [-0.05, 0) is 43.2 Å². The Balaban J connectivity index is 1.69. The molecule has 0 spiro atoms. The van der Waals surface area contributed by atoms with E-state index in [0.29, 0.717) is 23.4 Å². The fourth-order valence-corrected chi connectivity index (χ4v) is 3.32. The van der Waals surface area contributed by atoms with Crippen LogP contribution in [0.15, 0.2) is 42.5 Å². The monoisotopic (exact) mass is 425 g/mol. The second-order valence-electron chi connectivity index (χ2n) is 7.13. The Morgan fingerprint density at radius 1 is 1.10 bits per heavy atom. The van der Waals surface area contributed by atoms with Gasteiger partial charge in [0.2, 0.25) is 5.91 Å². The lowest BCUT2D eigenvalue weighted by molar-refractivity contribution is -0.384. The van der Waals surface area contributed by atoms with E-state index in [0.717, 1.165) is 25.9 Å². The smallest absolute Gasteiger partial charge is 0.340 e. The number of Topliss-reactive ketones (excluding diaryl/α,β-unsaturated/α-hetero) is 1. The molecule has 9 nitrogen and oxygen atoms in total. The van der Waals surface area contributed by atoms with E-state index in [1.54, 1.807) is 25.1 Å². The van der Waals surface area contributed by atoms with Gasteiger partial charge in [-0.2, -0.15) is 0 Å². The lowest BCUT2D eigenvalue weighted by Crippen LogP contribution is -2.22. The Hall–Kier alpha value is -3.75. The Bertz CT molecular complexity index is 997. The summed E-state index contributed by atoms with van der Waals surface area (Å²) in [6.45, 7) is 2.73. The number of carbonyl (C=O) groups excluding carboxylic acids is 3. The van der Waals surface area contributed by atoms with Crippen LogP contribution in [0.25, 0.3) is 0 Å². The Labute approximate surface area is 179 Å². The number of nitrogens with zero attached hydrogens (tertiary/aromatic N) is 2. The molecule has 1 aliphatic heterocycles. The van der Waals surface area contributed by atoms with Gasteiger partial charge in [0.15, 0.2) is 12.4 Å². The molecule has 2 aromatic carbocycles. The third-order valence-corrected chi connectivity index (χ3v) is 5.00. The van der Waals surface area contributed by atoms with Gasteiger partial charge in [-0.1, -0.05) is 6.92 Å². The van der Waals surface area contributed by atoms with Crippen LogP contribution in [0.5, 0.6) is 0 Å². The van der Waals surface area contributed by atoms with E-state index in [-0.39, 0.29) is 17.2 Å². The van der Waals surface area contributed by atoms with Crippen molar-refractivity contribution in [2.75, 3.05) is 29.9 Å². The normalized spacial score (nSPS) is 13.0. The van der Waals surface area contributed by atoms with Crippen molar-refractivity contribution in [3.8, 4) is 0 Å². The molecule has 0 radical (unpaired) electrons. The van der Waals surface area contributed by atoms with Crippen molar-refractivity contribution in [2.24, 2.45) is 0 Å². The van der Waals surface area contributed by atoms with E-state index >= 15 is 0 Å². The third-order valence-electron chi connectivity index (χ3n) is 5.00. The molecule has 162 valence electrons. The van der Waals surface area contributed by atoms with Crippen LogP contribution in [0.1, 0.15) is 46.9 Å². The van der Waals surface area contributed by atoms with Crippen LogP contribution < -0.4 is 10.2 Å². The summed E-state index contributed by atoms with van der Waals surface area (Å²) in [5.74, 6) is -1.35. The number of anilines is 2. The quantitative estimate of drug-likeness (QED) is 0.297. The summed E-state index contributed by atoms with van der Waals surface area (Å²) in [7, 11) is 0. The van der Waals surface area contributed by atoms with Gasteiger partial charge in [-0.25, -0.2) is 4.79 Å². The van der Waals surface area contributed by atoms with E-state index in [4.69, 9.17) is 4.74 Å². The van der Waals surface area contributed by atoms with Gasteiger partial charge >= 0.3 is 5.97 Å². The zero-order valence-electron chi connectivity index (χ0n) is 17.1. The number of esters is 1. The summed E-state index contributed by atoms with van der Waals surface area (Å²) < 4.78 is 5.18. The minimum Gasteiger partial charge on any atom is -0.454 e. The number of hydrogen-bond donors (Lipinski definition) is 1. The van der Waals surface area contributed by atoms with Crippen LogP contribution in [-0.4, -0.2) is 42.3 Å². The van der Waals surface area contributed by atoms with Crippen LogP contribution in [0.3, 0.4) is 0 Å². The number of non-ortho nitro benzene ring substituents is 1. The van der Waals surface area contributed by atoms with Crippen molar-refractivity contribution >= 4 is 34.7 Å². The number of nitro groups is 1. The van der Waals surface area contributed by atoms with Crippen molar-refractivity contribution in [1.82, 2.24) is 0 Å². The molecule has 0 bridgehead atoms. The maximum atomic E-state index is 12.7. The van der Waals surface area contributed by atoms with Gasteiger partial charge < -0.3 is 15.0 Å². The molecule has 31 heavy (non-hydrogen) atoms. The average molecular weight is 425 g/mol. The van der Waals surface area contributed by atoms with Crippen LogP contribution in [0.4, 0.5) is 17.1 Å². The van der Waals surface area contributed by atoms with Gasteiger partial charge in [-0.3, -0.25) is 19.7 Å². The molecule has 1 fully saturated rings. The minimum absolute atomic E-state index is 0.0709. The van der Waals surface area contributed by atoms with Gasteiger partial charge in [0.05, 0.1) is 16.2 Å². The first-order valence-electron chi connectivity index (χ1n) is 10.0. The summed E-state index contributed by atoms with van der Waals surface area (Å²) >= 11 is 0. The molecule has 0 saturated carbocycles. The number of benzene rings is 2. The first-order chi connectivity index (χ1) is 14.9. The molecule has 0 aliphatic carbocycles. The number of carbonyl (C=O) groups is 3. The average Bonchev–Trinajstić information content (AvgIpc) is 3.32. The van der Waals surface area contributed by atoms with E-state index in [9.17, 15) is 24.5 Å². The predicted octanol–water partition coefficient (Wildman–Crippen LogP) is 3.58. The standard InChI is InChI=1S/C22H23N3O6/c1-2-21(27)23-16-7-5-15(6-8-16)20(26)14-31-22(28)18-13-17(25(29)30)9-10-19(18)24-11-3-4-12-24/h5-10,13H,2-4,11-12,14H2,1H3,(H,23,27). The number of ether oxygens (including phenoxy) is 1. The fourth-order valence-electron chi connectivity index (χ4n) is 3.32. The second-order valence-corrected chi connectivity index (χ2v) is 7.13. The summed E-state index contributed by atoms with van der Waals surface area (Å²) in [6, 6.07) is 10.3. The molecule has 1 amide bonds. The molecular formula is C22H23N3O6. The Morgan fingerprint density at radius 3 is 2.39 bits per heavy atom. The molecule has 0 unspecified atom stereocenters. The highest BCUT2D eigenvalue weighted by Crippen LogP contribution is 2.29. The molecule has 0 atom stereocenters. The lowest BCUT2D eigenvalue weighted by atomic mass is 10.1. The Morgan fingerprint density at radius 2 is 1.77 bits per heavy atom. The number of hydrogen-bond acceptors (Lipinski definition) is 7. The molecule has 1 heterocycles. The minimum atomic E-state index is -0.786. The van der Waals surface area contributed by atoms with Gasteiger partial charge in [0.25, 0.3) is 5.69 Å². The summed E-state index contributed by atoms with van der Waals surface area (Å²) in [4.78, 5) is 49.0. The second kappa shape index (κ2) is 9.84. The van der Waals surface area contributed by atoms with Gasteiger partial charge in [-0.15, -0.1) is 0 Å². The maximum absolute atomic E-state index is 12.7. The van der Waals surface area contributed by atoms with Crippen molar-refractivity contribution in [2.45, 2.75) is 26.2 Å². The van der Waals surface area contributed by atoms with E-state index in [1.807, 2.05) is 4.90 Å². The van der Waals surface area contributed by atoms with E-state index in [1.165, 1.54) is 24.3 Å². The number of ketones is 1. The SMILES string of the molecule is CCC(=O)Nc1ccc(C(=O)COC(=O)c2cc([N+](=O)[O-])ccc2N2CCCC2)cc1. The van der Waals surface area contributed by atoms with Crippen molar-refractivity contribution < 1.29 is 24.0 Å². The van der Waals surface area contributed by atoms with Crippen LogP contribution >= 0.6 is 0 Å². The molecule has 0 aromatic heterocycles. The summed E-state index contributed by atoms with van der Waals surface area (Å²) in [5, 5.41) is 13.8. The van der Waals surface area contributed by atoms with Crippen LogP contribution in [-0.2, 0) is 9.53 Å². The fraction of sp³-hybridized carbons (Fsp3) is 0.318. The number of amides is 1. The molecule has 1 saturated heterocycles. The highest BCUT2D eigenvalue weighted by Gasteiger charge is 2.24. The van der Waals surface area contributed by atoms with Gasteiger partial charge in [0.1, 0.15) is 0 Å². The largest absolute Gasteiger partial charge is 0.454 e. The molecule has 9 heteroatoms. The van der Waals surface area contributed by atoms with Crippen molar-refractivity contribution in [3.05, 3.63) is 63.7 Å². The first kappa shape index (κ1) is 21.9.